The quantitative estimate of drug-likeness (QED) is 0.491. The molecule has 0 bridgehead atoms. The summed E-state index contributed by atoms with van der Waals surface area (Å²) >= 11 is 7.67. The lowest BCUT2D eigenvalue weighted by Gasteiger charge is -2.10. The molecule has 2 rings (SSSR count). The average Bonchev–Trinajstić information content (AvgIpc) is 2.55. The largest absolute Gasteiger partial charge is 0.286 e. The Labute approximate surface area is 116 Å². The highest BCUT2D eigenvalue weighted by Crippen LogP contribution is 2.36. The summed E-state index contributed by atoms with van der Waals surface area (Å²) in [6.07, 6.45) is 6.41. The molecule has 0 aromatic carbocycles. The third-order valence-corrected chi connectivity index (χ3v) is 5.50. The minimum atomic E-state index is -3.86. The lowest BCUT2D eigenvalue weighted by atomic mass is 9.96. The molecule has 0 spiro atoms. The predicted molar refractivity (Wildman–Crippen MR) is 74.8 cm³/mol. The highest BCUT2D eigenvalue weighted by Gasteiger charge is 2.39. The van der Waals surface area contributed by atoms with Crippen molar-refractivity contribution in [3.05, 3.63) is 23.3 Å². The summed E-state index contributed by atoms with van der Waals surface area (Å²) in [5.74, 6) is 0.0947. The van der Waals surface area contributed by atoms with E-state index in [0.717, 1.165) is 5.03 Å². The fourth-order valence-electron chi connectivity index (χ4n) is 2.10. The summed E-state index contributed by atoms with van der Waals surface area (Å²) in [6, 6.07) is 0. The molecule has 0 aromatic heterocycles. The van der Waals surface area contributed by atoms with Gasteiger partial charge in [-0.1, -0.05) is 23.8 Å². The van der Waals surface area contributed by atoms with Gasteiger partial charge in [-0.05, 0) is 6.08 Å². The van der Waals surface area contributed by atoms with Crippen molar-refractivity contribution in [1.29, 1.82) is 0 Å². The second kappa shape index (κ2) is 5.36. The van der Waals surface area contributed by atoms with Crippen LogP contribution in [0.4, 0.5) is 0 Å². The zero-order valence-corrected chi connectivity index (χ0v) is 12.3. The molecule has 2 aliphatic rings. The van der Waals surface area contributed by atoms with Crippen molar-refractivity contribution < 1.29 is 17.0 Å². The molecule has 1 N–H and O–H groups in total. The van der Waals surface area contributed by atoms with Gasteiger partial charge in [0.05, 0.1) is 11.7 Å². The lowest BCUT2D eigenvalue weighted by molar-refractivity contribution is -0.346. The number of halogens is 1. The summed E-state index contributed by atoms with van der Waals surface area (Å²) in [7, 11) is -3.86. The fraction of sp³-hybridized carbons (Fsp3) is 0.545. The SMILES string of the molecule is CC1=[N+](CCCS(=O)(=O)O)S[C@@H]2C=CC(Cl)=C[C@@H]12. The van der Waals surface area contributed by atoms with Crippen LogP contribution in [0.15, 0.2) is 23.3 Å². The van der Waals surface area contributed by atoms with Gasteiger partial charge in [-0.15, -0.1) is 0 Å². The molecular weight excluding hydrogens is 294 g/mol. The van der Waals surface area contributed by atoms with Crippen LogP contribution < -0.4 is 0 Å². The maximum Gasteiger partial charge on any atom is 0.265 e. The minimum absolute atomic E-state index is 0.195. The number of hydrogen-bond donors (Lipinski definition) is 1. The first-order valence-corrected chi connectivity index (χ1v) is 8.47. The predicted octanol–water partition coefficient (Wildman–Crippen LogP) is 2.08. The molecule has 2 atom stereocenters. The summed E-state index contributed by atoms with van der Waals surface area (Å²) in [5.41, 5.74) is 1.18. The lowest BCUT2D eigenvalue weighted by Crippen LogP contribution is -2.19. The van der Waals surface area contributed by atoms with Crippen LogP contribution in [0.5, 0.6) is 0 Å². The van der Waals surface area contributed by atoms with E-state index in [-0.39, 0.29) is 5.75 Å². The number of fused-ring (bicyclic) bond motifs is 1. The minimum Gasteiger partial charge on any atom is -0.286 e. The molecule has 0 radical (unpaired) electrons. The van der Waals surface area contributed by atoms with Crippen LogP contribution in [-0.2, 0) is 10.1 Å². The average molecular weight is 309 g/mol. The molecule has 4 nitrogen and oxygen atoms in total. The Bertz CT molecular complexity index is 536. The van der Waals surface area contributed by atoms with Crippen molar-refractivity contribution in [2.75, 3.05) is 12.3 Å². The van der Waals surface area contributed by atoms with Crippen molar-refractivity contribution >= 4 is 39.4 Å². The summed E-state index contributed by atoms with van der Waals surface area (Å²) in [4.78, 5) is 0. The molecule has 1 heterocycles. The number of allylic oxidation sites excluding steroid dienone is 3. The van der Waals surface area contributed by atoms with E-state index in [0.29, 0.717) is 24.1 Å². The maximum atomic E-state index is 10.7. The monoisotopic (exact) mass is 308 g/mol. The molecule has 0 saturated heterocycles. The van der Waals surface area contributed by atoms with Crippen molar-refractivity contribution in [3.8, 4) is 0 Å². The number of hydrogen-bond acceptors (Lipinski definition) is 3. The molecule has 0 saturated carbocycles. The van der Waals surface area contributed by atoms with Crippen LogP contribution in [0.3, 0.4) is 0 Å². The van der Waals surface area contributed by atoms with E-state index < -0.39 is 10.1 Å². The molecular formula is C11H15ClNO3S2+. The Balaban J connectivity index is 2.00. The topological polar surface area (TPSA) is 57.4 Å². The van der Waals surface area contributed by atoms with Gasteiger partial charge in [0.1, 0.15) is 5.25 Å². The Hall–Kier alpha value is -0.300. The van der Waals surface area contributed by atoms with Crippen molar-refractivity contribution in [2.24, 2.45) is 5.92 Å². The van der Waals surface area contributed by atoms with Gasteiger partial charge in [-0.3, -0.25) is 4.55 Å². The molecule has 0 aromatic rings. The van der Waals surface area contributed by atoms with E-state index in [1.165, 1.54) is 5.71 Å². The van der Waals surface area contributed by atoms with Gasteiger partial charge in [-0.25, -0.2) is 0 Å². The Morgan fingerprint density at radius 3 is 2.94 bits per heavy atom. The molecule has 18 heavy (non-hydrogen) atoms. The smallest absolute Gasteiger partial charge is 0.265 e. The van der Waals surface area contributed by atoms with Gasteiger partial charge in [0.25, 0.3) is 10.1 Å². The first-order chi connectivity index (χ1) is 8.37. The second-order valence-corrected chi connectivity index (χ2v) is 7.59. The standard InChI is InChI=1S/C11H14ClNO3S2/c1-8-10-7-9(12)3-4-11(10)17-13(8)5-2-6-18(14,15)16/h3-4,7,10-11H,2,5-6H2,1H3/p+1/t10-,11+/m0/s1. The summed E-state index contributed by atoms with van der Waals surface area (Å²) < 4.78 is 32.1. The zero-order valence-electron chi connectivity index (χ0n) is 9.91. The van der Waals surface area contributed by atoms with E-state index in [9.17, 15) is 8.42 Å². The van der Waals surface area contributed by atoms with Gasteiger partial charge in [-0.2, -0.15) is 12.4 Å². The summed E-state index contributed by atoms with van der Waals surface area (Å²) in [6.45, 7) is 2.65. The first kappa shape index (κ1) is 14.1. The highest BCUT2D eigenvalue weighted by atomic mass is 35.5. The van der Waals surface area contributed by atoms with E-state index in [4.69, 9.17) is 16.2 Å². The molecule has 0 amide bonds. The first-order valence-electron chi connectivity index (χ1n) is 5.65. The number of rotatable bonds is 4. The Morgan fingerprint density at radius 2 is 2.28 bits per heavy atom. The third-order valence-electron chi connectivity index (χ3n) is 3.03. The van der Waals surface area contributed by atoms with Gasteiger partial charge in [0.15, 0.2) is 24.2 Å². The van der Waals surface area contributed by atoms with Crippen molar-refractivity contribution in [2.45, 2.75) is 18.6 Å². The Kier molecular flexibility index (Phi) is 4.21. The normalized spacial score (nSPS) is 27.4. The van der Waals surface area contributed by atoms with E-state index in [2.05, 4.69) is 10.1 Å². The van der Waals surface area contributed by atoms with Crippen LogP contribution in [0.2, 0.25) is 0 Å². The maximum absolute atomic E-state index is 10.7. The summed E-state index contributed by atoms with van der Waals surface area (Å²) in [5, 5.41) is 1.09. The van der Waals surface area contributed by atoms with Gasteiger partial charge in [0.2, 0.25) is 0 Å². The van der Waals surface area contributed by atoms with E-state index in [1.807, 2.05) is 19.1 Å². The van der Waals surface area contributed by atoms with Crippen LogP contribution in [0.1, 0.15) is 13.3 Å². The third kappa shape index (κ3) is 3.38. The molecule has 0 unspecified atom stereocenters. The van der Waals surface area contributed by atoms with Crippen molar-refractivity contribution in [3.63, 3.8) is 0 Å². The highest BCUT2D eigenvalue weighted by molar-refractivity contribution is 7.94. The molecule has 100 valence electrons. The molecule has 1 aliphatic carbocycles. The fourth-order valence-corrected chi connectivity index (χ4v) is 4.18. The van der Waals surface area contributed by atoms with Crippen LogP contribution >= 0.6 is 23.5 Å². The molecule has 1 aliphatic heterocycles. The number of nitrogens with zero attached hydrogens (tertiary/aromatic N) is 1. The van der Waals surface area contributed by atoms with Crippen molar-refractivity contribution in [1.82, 2.24) is 0 Å². The van der Waals surface area contributed by atoms with E-state index >= 15 is 0 Å². The second-order valence-electron chi connectivity index (χ2n) is 4.39. The zero-order chi connectivity index (χ0) is 13.3. The Morgan fingerprint density at radius 1 is 1.56 bits per heavy atom. The van der Waals surface area contributed by atoms with Gasteiger partial charge < -0.3 is 0 Å². The van der Waals surface area contributed by atoms with Crippen LogP contribution in [0, 0.1) is 5.92 Å². The van der Waals surface area contributed by atoms with Crippen LogP contribution in [0.25, 0.3) is 0 Å². The molecule has 0 fully saturated rings. The molecule has 7 heteroatoms. The van der Waals surface area contributed by atoms with Gasteiger partial charge in [0, 0.05) is 18.4 Å². The van der Waals surface area contributed by atoms with E-state index in [1.54, 1.807) is 11.9 Å². The van der Waals surface area contributed by atoms with Gasteiger partial charge >= 0.3 is 0 Å². The van der Waals surface area contributed by atoms with Crippen LogP contribution in [-0.4, -0.2) is 40.2 Å².